The van der Waals surface area contributed by atoms with E-state index in [2.05, 4.69) is 219 Å². The van der Waals surface area contributed by atoms with Gasteiger partial charge >= 0.3 is 0 Å². The van der Waals surface area contributed by atoms with Crippen LogP contribution in [0.1, 0.15) is 37.8 Å². The van der Waals surface area contributed by atoms with Gasteiger partial charge in [-0.3, -0.25) is 0 Å². The quantitative estimate of drug-likeness (QED) is 0.109. The van der Waals surface area contributed by atoms with Crippen LogP contribution in [0.3, 0.4) is 0 Å². The summed E-state index contributed by atoms with van der Waals surface area (Å²) in [5.74, 6) is 0. The van der Waals surface area contributed by atoms with E-state index in [1.807, 2.05) is 0 Å². The van der Waals surface area contributed by atoms with Gasteiger partial charge in [0, 0.05) is 21.9 Å². The van der Waals surface area contributed by atoms with Crippen LogP contribution in [0.4, 0.5) is 0 Å². The first-order chi connectivity index (χ1) is 27.2. The second kappa shape index (κ2) is 13.3. The minimum atomic E-state index is -2.67. The van der Waals surface area contributed by atoms with Crippen molar-refractivity contribution in [3.63, 3.8) is 0 Å². The standard InChI is InChI=1S/C53H43NSi/c1-3-53(4-2)49-36-39(38-30-34-52-48(35-38)47-27-17-18-28-51(47)54(52)40-19-9-5-10-20-40)29-32-45(49)46-33-31-44(37-50(46)53)55(41-21-11-6-12-22-41,42-23-13-7-14-24-42)43-25-15-8-16-26-43/h5-37H,3-4H2,1-2H3. The molecule has 10 rings (SSSR count). The van der Waals surface area contributed by atoms with Crippen LogP contribution < -0.4 is 20.7 Å². The lowest BCUT2D eigenvalue weighted by Gasteiger charge is -2.36. The summed E-state index contributed by atoms with van der Waals surface area (Å²) in [6, 6.07) is 75.3. The molecule has 0 radical (unpaired) electrons. The Hall–Kier alpha value is -6.22. The number of nitrogens with zero attached hydrogens (tertiary/aromatic N) is 1. The Balaban J connectivity index is 1.15. The predicted octanol–water partition coefficient (Wildman–Crippen LogP) is 10.9. The van der Waals surface area contributed by atoms with E-state index in [4.69, 9.17) is 0 Å². The molecule has 9 aromatic rings. The summed E-state index contributed by atoms with van der Waals surface area (Å²) in [5, 5.41) is 8.23. The fourth-order valence-corrected chi connectivity index (χ4v) is 14.8. The predicted molar refractivity (Wildman–Crippen MR) is 237 cm³/mol. The van der Waals surface area contributed by atoms with Crippen LogP contribution in [0.5, 0.6) is 0 Å². The molecule has 1 aliphatic carbocycles. The van der Waals surface area contributed by atoms with E-state index in [9.17, 15) is 0 Å². The molecule has 1 heterocycles. The minimum absolute atomic E-state index is 0.0890. The van der Waals surface area contributed by atoms with Gasteiger partial charge < -0.3 is 4.57 Å². The molecule has 2 heteroatoms. The highest BCUT2D eigenvalue weighted by atomic mass is 28.3. The number of benzene rings is 8. The Morgan fingerprint density at radius 3 is 1.47 bits per heavy atom. The zero-order chi connectivity index (χ0) is 37.0. The van der Waals surface area contributed by atoms with E-state index in [0.717, 1.165) is 12.8 Å². The number of hydrogen-bond donors (Lipinski definition) is 0. The lowest BCUT2D eigenvalue weighted by Crippen LogP contribution is -2.74. The van der Waals surface area contributed by atoms with Crippen LogP contribution in [-0.2, 0) is 5.41 Å². The van der Waals surface area contributed by atoms with Crippen LogP contribution >= 0.6 is 0 Å². The summed E-state index contributed by atoms with van der Waals surface area (Å²) < 4.78 is 2.40. The first-order valence-electron chi connectivity index (χ1n) is 19.7. The summed E-state index contributed by atoms with van der Waals surface area (Å²) in [6.07, 6.45) is 2.08. The van der Waals surface area contributed by atoms with E-state index in [1.54, 1.807) is 0 Å². The summed E-state index contributed by atoms with van der Waals surface area (Å²) in [5.41, 5.74) is 11.8. The molecule has 264 valence electrons. The Morgan fingerprint density at radius 2 is 0.873 bits per heavy atom. The number of rotatable bonds is 8. The van der Waals surface area contributed by atoms with E-state index in [1.165, 1.54) is 81.6 Å². The molecule has 0 saturated carbocycles. The van der Waals surface area contributed by atoms with Gasteiger partial charge in [-0.2, -0.15) is 0 Å². The van der Waals surface area contributed by atoms with Crippen LogP contribution in [0.2, 0.25) is 0 Å². The topological polar surface area (TPSA) is 4.93 Å². The van der Waals surface area contributed by atoms with Gasteiger partial charge in [-0.05, 0) is 103 Å². The van der Waals surface area contributed by atoms with E-state index < -0.39 is 8.07 Å². The highest BCUT2D eigenvalue weighted by molar-refractivity contribution is 7.19. The largest absolute Gasteiger partial charge is 0.309 e. The van der Waals surface area contributed by atoms with Crippen LogP contribution in [0.25, 0.3) is 49.7 Å². The first kappa shape index (κ1) is 33.4. The van der Waals surface area contributed by atoms with Crippen molar-refractivity contribution >= 4 is 50.6 Å². The number of hydrogen-bond acceptors (Lipinski definition) is 0. The maximum absolute atomic E-state index is 2.67. The van der Waals surface area contributed by atoms with Crippen molar-refractivity contribution in [2.24, 2.45) is 0 Å². The van der Waals surface area contributed by atoms with Crippen molar-refractivity contribution in [3.05, 3.63) is 211 Å². The second-order valence-electron chi connectivity index (χ2n) is 15.1. The maximum atomic E-state index is 2.63. The van der Waals surface area contributed by atoms with Crippen LogP contribution in [-0.4, -0.2) is 12.6 Å². The van der Waals surface area contributed by atoms with Gasteiger partial charge in [0.05, 0.1) is 11.0 Å². The first-order valence-corrected chi connectivity index (χ1v) is 21.7. The molecule has 0 spiro atoms. The average Bonchev–Trinajstić information content (AvgIpc) is 3.74. The Kier molecular flexibility index (Phi) is 8.04. The van der Waals surface area contributed by atoms with Crippen molar-refractivity contribution in [1.82, 2.24) is 4.57 Å². The van der Waals surface area contributed by atoms with E-state index in [0.29, 0.717) is 0 Å². The molecule has 0 saturated heterocycles. The third-order valence-corrected chi connectivity index (χ3v) is 17.4. The maximum Gasteiger partial charge on any atom is 0.179 e. The Bertz CT molecular complexity index is 2720. The molecule has 0 unspecified atom stereocenters. The fourth-order valence-electron chi connectivity index (χ4n) is 9.99. The molecule has 0 amide bonds. The lowest BCUT2D eigenvalue weighted by molar-refractivity contribution is 0.491. The third-order valence-electron chi connectivity index (χ3n) is 12.6. The van der Waals surface area contributed by atoms with Gasteiger partial charge in [0.25, 0.3) is 0 Å². The second-order valence-corrected chi connectivity index (χ2v) is 18.9. The Morgan fingerprint density at radius 1 is 0.400 bits per heavy atom. The molecular formula is C53H43NSi. The van der Waals surface area contributed by atoms with Gasteiger partial charge in [0.15, 0.2) is 8.07 Å². The van der Waals surface area contributed by atoms with Crippen LogP contribution in [0, 0.1) is 0 Å². The average molecular weight is 722 g/mol. The molecule has 0 fully saturated rings. The molecule has 0 N–H and O–H groups in total. The van der Waals surface area contributed by atoms with Crippen molar-refractivity contribution in [1.29, 1.82) is 0 Å². The van der Waals surface area contributed by atoms with Crippen LogP contribution in [0.15, 0.2) is 200 Å². The van der Waals surface area contributed by atoms with Gasteiger partial charge in [0.2, 0.25) is 0 Å². The molecule has 0 atom stereocenters. The molecular weight excluding hydrogens is 679 g/mol. The van der Waals surface area contributed by atoms with E-state index >= 15 is 0 Å². The van der Waals surface area contributed by atoms with Crippen molar-refractivity contribution in [2.45, 2.75) is 32.1 Å². The molecule has 0 aliphatic heterocycles. The summed E-state index contributed by atoms with van der Waals surface area (Å²) in [7, 11) is -2.67. The molecule has 1 aliphatic rings. The van der Waals surface area contributed by atoms with Gasteiger partial charge in [-0.1, -0.05) is 178 Å². The summed E-state index contributed by atoms with van der Waals surface area (Å²) in [6.45, 7) is 4.78. The summed E-state index contributed by atoms with van der Waals surface area (Å²) in [4.78, 5) is 0. The third kappa shape index (κ3) is 4.98. The van der Waals surface area contributed by atoms with Crippen molar-refractivity contribution in [3.8, 4) is 27.9 Å². The number of para-hydroxylation sites is 2. The van der Waals surface area contributed by atoms with Gasteiger partial charge in [0.1, 0.15) is 0 Å². The lowest BCUT2D eigenvalue weighted by atomic mass is 9.73. The minimum Gasteiger partial charge on any atom is -0.309 e. The van der Waals surface area contributed by atoms with Crippen molar-refractivity contribution in [2.75, 3.05) is 0 Å². The van der Waals surface area contributed by atoms with Gasteiger partial charge in [-0.25, -0.2) is 0 Å². The highest BCUT2D eigenvalue weighted by Gasteiger charge is 2.45. The molecule has 1 aromatic heterocycles. The van der Waals surface area contributed by atoms with Crippen molar-refractivity contribution < 1.29 is 0 Å². The smallest absolute Gasteiger partial charge is 0.179 e. The molecule has 8 aromatic carbocycles. The highest BCUT2D eigenvalue weighted by Crippen LogP contribution is 2.53. The number of fused-ring (bicyclic) bond motifs is 6. The van der Waals surface area contributed by atoms with Gasteiger partial charge in [-0.15, -0.1) is 0 Å². The zero-order valence-corrected chi connectivity index (χ0v) is 32.4. The zero-order valence-electron chi connectivity index (χ0n) is 31.4. The fraction of sp³-hybridized carbons (Fsp3) is 0.0943. The molecule has 1 nitrogen and oxygen atoms in total. The SMILES string of the molecule is CCC1(CC)c2cc(-c3ccc4c(c3)c3ccccc3n4-c3ccccc3)ccc2-c2ccc([Si](c3ccccc3)(c3ccccc3)c3ccccc3)cc21. The molecule has 55 heavy (non-hydrogen) atoms. The number of aromatic nitrogens is 1. The van der Waals surface area contributed by atoms with E-state index in [-0.39, 0.29) is 5.41 Å². The summed E-state index contributed by atoms with van der Waals surface area (Å²) >= 11 is 0. The normalized spacial score (nSPS) is 13.2. The monoisotopic (exact) mass is 721 g/mol. The molecule has 0 bridgehead atoms. The Labute approximate surface area is 325 Å².